The Morgan fingerprint density at radius 1 is 1.50 bits per heavy atom. The van der Waals surface area contributed by atoms with Gasteiger partial charge in [0, 0.05) is 44.1 Å². The van der Waals surface area contributed by atoms with Crippen LogP contribution in [0.3, 0.4) is 0 Å². The Hall–Kier alpha value is -1.58. The van der Waals surface area contributed by atoms with Crippen LogP contribution in [0.2, 0.25) is 0 Å². The van der Waals surface area contributed by atoms with Gasteiger partial charge in [-0.15, -0.1) is 0 Å². The normalized spacial score (nSPS) is 16.7. The number of pyridine rings is 1. The van der Waals surface area contributed by atoms with E-state index in [0.717, 1.165) is 31.6 Å². The lowest BCUT2D eigenvalue weighted by Gasteiger charge is -2.33. The molecular weight excluding hydrogens is 226 g/mol. The predicted octanol–water partition coefficient (Wildman–Crippen LogP) is 1.74. The zero-order valence-electron chi connectivity index (χ0n) is 11.1. The van der Waals surface area contributed by atoms with Crippen molar-refractivity contribution in [3.8, 4) is 0 Å². The standard InChI is InChI=1S/C14H21N3O/c1-11-9-13(3-6-16-11)17-7-4-12(5-8-17)10-14(18)15-2/h3,6,9,12H,4-5,7-8,10H2,1-2H3,(H,15,18). The van der Waals surface area contributed by atoms with Crippen molar-refractivity contribution < 1.29 is 4.79 Å². The summed E-state index contributed by atoms with van der Waals surface area (Å²) >= 11 is 0. The first-order valence-electron chi connectivity index (χ1n) is 6.57. The Bertz CT molecular complexity index is 411. The zero-order chi connectivity index (χ0) is 13.0. The monoisotopic (exact) mass is 247 g/mol. The average Bonchev–Trinajstić information content (AvgIpc) is 2.39. The van der Waals surface area contributed by atoms with Crippen molar-refractivity contribution in [3.63, 3.8) is 0 Å². The minimum atomic E-state index is 0.160. The molecule has 0 aliphatic carbocycles. The quantitative estimate of drug-likeness (QED) is 0.885. The number of nitrogens with zero attached hydrogens (tertiary/aromatic N) is 2. The topological polar surface area (TPSA) is 45.2 Å². The summed E-state index contributed by atoms with van der Waals surface area (Å²) in [4.78, 5) is 17.9. The van der Waals surface area contributed by atoms with E-state index in [1.807, 2.05) is 13.1 Å². The summed E-state index contributed by atoms with van der Waals surface area (Å²) in [7, 11) is 1.71. The molecule has 0 radical (unpaired) electrons. The van der Waals surface area contributed by atoms with Crippen LogP contribution in [0.1, 0.15) is 25.0 Å². The molecular formula is C14H21N3O. The highest BCUT2D eigenvalue weighted by molar-refractivity contribution is 5.75. The number of amides is 1. The van der Waals surface area contributed by atoms with E-state index in [9.17, 15) is 4.79 Å². The van der Waals surface area contributed by atoms with E-state index in [-0.39, 0.29) is 5.91 Å². The zero-order valence-corrected chi connectivity index (χ0v) is 11.1. The summed E-state index contributed by atoms with van der Waals surface area (Å²) in [5.74, 6) is 0.692. The Labute approximate surface area is 108 Å². The highest BCUT2D eigenvalue weighted by Gasteiger charge is 2.21. The van der Waals surface area contributed by atoms with Gasteiger partial charge in [0.25, 0.3) is 0 Å². The Kier molecular flexibility index (Phi) is 4.18. The van der Waals surface area contributed by atoms with E-state index in [1.165, 1.54) is 5.69 Å². The van der Waals surface area contributed by atoms with E-state index in [1.54, 1.807) is 7.05 Å². The number of nitrogens with one attached hydrogen (secondary N) is 1. The maximum atomic E-state index is 11.3. The second-order valence-corrected chi connectivity index (χ2v) is 4.96. The van der Waals surface area contributed by atoms with Gasteiger partial charge in [-0.2, -0.15) is 0 Å². The first-order chi connectivity index (χ1) is 8.69. The average molecular weight is 247 g/mol. The van der Waals surface area contributed by atoms with Crippen LogP contribution in [-0.2, 0) is 4.79 Å². The molecule has 1 fully saturated rings. The van der Waals surface area contributed by atoms with Crippen molar-refractivity contribution >= 4 is 11.6 Å². The van der Waals surface area contributed by atoms with E-state index >= 15 is 0 Å². The second kappa shape index (κ2) is 5.85. The lowest BCUT2D eigenvalue weighted by molar-refractivity contribution is -0.121. The maximum Gasteiger partial charge on any atom is 0.220 e. The molecule has 18 heavy (non-hydrogen) atoms. The van der Waals surface area contributed by atoms with Crippen molar-refractivity contribution in [2.75, 3.05) is 25.0 Å². The number of piperidine rings is 1. The molecule has 1 aliphatic rings. The first kappa shape index (κ1) is 12.9. The summed E-state index contributed by atoms with van der Waals surface area (Å²) in [6.45, 7) is 4.08. The number of aromatic nitrogens is 1. The van der Waals surface area contributed by atoms with Gasteiger partial charge in [0.2, 0.25) is 5.91 Å². The number of rotatable bonds is 3. The minimum Gasteiger partial charge on any atom is -0.371 e. The Balaban J connectivity index is 1.88. The molecule has 0 spiro atoms. The molecule has 1 aliphatic heterocycles. The molecule has 98 valence electrons. The number of aryl methyl sites for hydroxylation is 1. The van der Waals surface area contributed by atoms with E-state index < -0.39 is 0 Å². The fourth-order valence-electron chi connectivity index (χ4n) is 2.49. The number of hydrogen-bond acceptors (Lipinski definition) is 3. The third kappa shape index (κ3) is 3.22. The molecule has 0 bridgehead atoms. The third-order valence-corrected chi connectivity index (χ3v) is 3.61. The Morgan fingerprint density at radius 2 is 2.22 bits per heavy atom. The van der Waals surface area contributed by atoms with Gasteiger partial charge in [-0.3, -0.25) is 9.78 Å². The van der Waals surface area contributed by atoms with Gasteiger partial charge in [-0.25, -0.2) is 0 Å². The fourth-order valence-corrected chi connectivity index (χ4v) is 2.49. The van der Waals surface area contributed by atoms with Gasteiger partial charge in [0.15, 0.2) is 0 Å². The molecule has 4 heteroatoms. The van der Waals surface area contributed by atoms with Crippen molar-refractivity contribution in [1.29, 1.82) is 0 Å². The predicted molar refractivity (Wildman–Crippen MR) is 72.6 cm³/mol. The van der Waals surface area contributed by atoms with Crippen LogP contribution in [0.15, 0.2) is 18.3 Å². The van der Waals surface area contributed by atoms with Crippen LogP contribution in [0.25, 0.3) is 0 Å². The largest absolute Gasteiger partial charge is 0.371 e. The number of anilines is 1. The van der Waals surface area contributed by atoms with Crippen molar-refractivity contribution in [3.05, 3.63) is 24.0 Å². The third-order valence-electron chi connectivity index (χ3n) is 3.61. The van der Waals surface area contributed by atoms with Gasteiger partial charge in [0.1, 0.15) is 0 Å². The first-order valence-corrected chi connectivity index (χ1v) is 6.57. The second-order valence-electron chi connectivity index (χ2n) is 4.96. The van der Waals surface area contributed by atoms with E-state index in [4.69, 9.17) is 0 Å². The van der Waals surface area contributed by atoms with Crippen LogP contribution < -0.4 is 10.2 Å². The fraction of sp³-hybridized carbons (Fsp3) is 0.571. The molecule has 1 amide bonds. The number of hydrogen-bond donors (Lipinski definition) is 1. The summed E-state index contributed by atoms with van der Waals surface area (Å²) in [6, 6.07) is 4.19. The SMILES string of the molecule is CNC(=O)CC1CCN(c2ccnc(C)c2)CC1. The highest BCUT2D eigenvalue weighted by Crippen LogP contribution is 2.25. The number of carbonyl (C=O) groups is 1. The number of carbonyl (C=O) groups excluding carboxylic acids is 1. The highest BCUT2D eigenvalue weighted by atomic mass is 16.1. The van der Waals surface area contributed by atoms with E-state index in [0.29, 0.717) is 12.3 Å². The lowest BCUT2D eigenvalue weighted by atomic mass is 9.93. The maximum absolute atomic E-state index is 11.3. The molecule has 1 aromatic heterocycles. The van der Waals surface area contributed by atoms with Crippen molar-refractivity contribution in [2.24, 2.45) is 5.92 Å². The summed E-state index contributed by atoms with van der Waals surface area (Å²) < 4.78 is 0. The molecule has 2 heterocycles. The molecule has 1 saturated heterocycles. The van der Waals surface area contributed by atoms with E-state index in [2.05, 4.69) is 27.3 Å². The molecule has 0 atom stereocenters. The van der Waals surface area contributed by atoms with Crippen LogP contribution in [0.5, 0.6) is 0 Å². The van der Waals surface area contributed by atoms with Crippen LogP contribution in [0.4, 0.5) is 5.69 Å². The van der Waals surface area contributed by atoms with Gasteiger partial charge in [-0.05, 0) is 37.8 Å². The molecule has 0 aromatic carbocycles. The van der Waals surface area contributed by atoms with Crippen LogP contribution in [-0.4, -0.2) is 31.0 Å². The minimum absolute atomic E-state index is 0.160. The summed E-state index contributed by atoms with van der Waals surface area (Å²) in [5.41, 5.74) is 2.31. The molecule has 1 aromatic rings. The molecule has 1 N–H and O–H groups in total. The summed E-state index contributed by atoms with van der Waals surface area (Å²) in [6.07, 6.45) is 4.71. The van der Waals surface area contributed by atoms with Gasteiger partial charge < -0.3 is 10.2 Å². The van der Waals surface area contributed by atoms with Crippen LogP contribution in [0, 0.1) is 12.8 Å². The smallest absolute Gasteiger partial charge is 0.220 e. The molecule has 4 nitrogen and oxygen atoms in total. The summed E-state index contributed by atoms with van der Waals surface area (Å²) in [5, 5.41) is 2.70. The van der Waals surface area contributed by atoms with Crippen molar-refractivity contribution in [1.82, 2.24) is 10.3 Å². The molecule has 0 saturated carbocycles. The van der Waals surface area contributed by atoms with Crippen LogP contribution >= 0.6 is 0 Å². The van der Waals surface area contributed by atoms with Gasteiger partial charge in [0.05, 0.1) is 0 Å². The molecule has 2 rings (SSSR count). The van der Waals surface area contributed by atoms with Gasteiger partial charge >= 0.3 is 0 Å². The Morgan fingerprint density at radius 3 is 2.83 bits per heavy atom. The van der Waals surface area contributed by atoms with Gasteiger partial charge in [-0.1, -0.05) is 0 Å². The lowest BCUT2D eigenvalue weighted by Crippen LogP contribution is -2.35. The molecule has 0 unspecified atom stereocenters. The van der Waals surface area contributed by atoms with Crippen molar-refractivity contribution in [2.45, 2.75) is 26.2 Å².